The quantitative estimate of drug-likeness (QED) is 0.919. The van der Waals surface area contributed by atoms with Crippen LogP contribution in [-0.2, 0) is 6.54 Å². The number of benzene rings is 1. The lowest BCUT2D eigenvalue weighted by atomic mass is 10.1. The van der Waals surface area contributed by atoms with Crippen molar-refractivity contribution in [1.82, 2.24) is 5.32 Å². The zero-order valence-electron chi connectivity index (χ0n) is 9.36. The lowest BCUT2D eigenvalue weighted by Gasteiger charge is -2.12. The molecule has 1 aromatic heterocycles. The molecule has 1 N–H and O–H groups in total. The third kappa shape index (κ3) is 2.73. The molecule has 0 aliphatic heterocycles. The molecule has 0 spiro atoms. The van der Waals surface area contributed by atoms with Crippen LogP contribution in [0.2, 0.25) is 0 Å². The summed E-state index contributed by atoms with van der Waals surface area (Å²) in [4.78, 5) is 1.03. The van der Waals surface area contributed by atoms with Crippen molar-refractivity contribution in [2.75, 3.05) is 0 Å². The molecule has 0 saturated carbocycles. The second-order valence-electron chi connectivity index (χ2n) is 3.67. The normalized spacial score (nSPS) is 12.1. The molecule has 5 heteroatoms. The molecule has 0 amide bonds. The van der Waals surface area contributed by atoms with Gasteiger partial charge in [0.15, 0.2) is 11.6 Å². The summed E-state index contributed by atoms with van der Waals surface area (Å²) in [7, 11) is 0. The Morgan fingerprint density at radius 1 is 1.28 bits per heavy atom. The predicted molar refractivity (Wildman–Crippen MR) is 65.9 cm³/mol. The van der Waals surface area contributed by atoms with Gasteiger partial charge in [0.1, 0.15) is 6.04 Å². The number of halogens is 2. The molecule has 0 radical (unpaired) electrons. The van der Waals surface area contributed by atoms with Crippen molar-refractivity contribution < 1.29 is 8.78 Å². The summed E-state index contributed by atoms with van der Waals surface area (Å²) in [5.74, 6) is -1.91. The summed E-state index contributed by atoms with van der Waals surface area (Å²) in [5.41, 5.74) is 0.0362. The summed E-state index contributed by atoms with van der Waals surface area (Å²) in [5, 5.41) is 13.8. The van der Waals surface area contributed by atoms with E-state index in [0.29, 0.717) is 6.54 Å². The Labute approximate surface area is 107 Å². The van der Waals surface area contributed by atoms with Gasteiger partial charge >= 0.3 is 0 Å². The van der Waals surface area contributed by atoms with Gasteiger partial charge < -0.3 is 0 Å². The predicted octanol–water partition coefficient (Wildman–Crippen LogP) is 3.38. The van der Waals surface area contributed by atoms with Crippen LogP contribution in [0.15, 0.2) is 35.7 Å². The largest absolute Gasteiger partial charge is 0.293 e. The molecular formula is C13H10F2N2S. The highest BCUT2D eigenvalue weighted by molar-refractivity contribution is 7.09. The number of hydrogen-bond acceptors (Lipinski definition) is 3. The molecule has 1 heterocycles. The van der Waals surface area contributed by atoms with Crippen LogP contribution in [-0.4, -0.2) is 0 Å². The fourth-order valence-corrected chi connectivity index (χ4v) is 2.24. The second kappa shape index (κ2) is 5.71. The van der Waals surface area contributed by atoms with Gasteiger partial charge in [-0.3, -0.25) is 5.32 Å². The summed E-state index contributed by atoms with van der Waals surface area (Å²) >= 11 is 1.54. The molecule has 2 rings (SSSR count). The zero-order chi connectivity index (χ0) is 13.0. The Kier molecular flexibility index (Phi) is 4.03. The zero-order valence-corrected chi connectivity index (χ0v) is 10.2. The van der Waals surface area contributed by atoms with E-state index < -0.39 is 17.7 Å². The van der Waals surface area contributed by atoms with Gasteiger partial charge in [-0.05, 0) is 17.5 Å². The molecule has 0 aliphatic carbocycles. The molecule has 2 aromatic rings. The number of rotatable bonds is 4. The molecule has 2 nitrogen and oxygen atoms in total. The highest BCUT2D eigenvalue weighted by Crippen LogP contribution is 2.19. The third-order valence-corrected chi connectivity index (χ3v) is 3.36. The topological polar surface area (TPSA) is 35.8 Å². The van der Waals surface area contributed by atoms with Gasteiger partial charge in [-0.25, -0.2) is 8.78 Å². The maximum atomic E-state index is 13.5. The van der Waals surface area contributed by atoms with Gasteiger partial charge in [0.2, 0.25) is 0 Å². The lowest BCUT2D eigenvalue weighted by molar-refractivity contribution is 0.485. The van der Waals surface area contributed by atoms with Crippen LogP contribution < -0.4 is 5.32 Å². The minimum Gasteiger partial charge on any atom is -0.293 e. The Balaban J connectivity index is 2.14. The van der Waals surface area contributed by atoms with E-state index in [9.17, 15) is 8.78 Å². The molecule has 0 bridgehead atoms. The summed E-state index contributed by atoms with van der Waals surface area (Å²) in [6, 6.07) is 8.72. The van der Waals surface area contributed by atoms with E-state index in [2.05, 4.69) is 5.32 Å². The van der Waals surface area contributed by atoms with Gasteiger partial charge in [-0.15, -0.1) is 11.3 Å². The molecule has 1 aromatic carbocycles. The first-order chi connectivity index (χ1) is 8.72. The van der Waals surface area contributed by atoms with Gasteiger partial charge in [0, 0.05) is 17.0 Å². The van der Waals surface area contributed by atoms with Crippen LogP contribution in [0.4, 0.5) is 8.78 Å². The third-order valence-electron chi connectivity index (χ3n) is 2.48. The van der Waals surface area contributed by atoms with Crippen LogP contribution in [0.3, 0.4) is 0 Å². The first-order valence-electron chi connectivity index (χ1n) is 5.31. The van der Waals surface area contributed by atoms with Gasteiger partial charge in [0.05, 0.1) is 6.07 Å². The summed E-state index contributed by atoms with van der Waals surface area (Å²) < 4.78 is 26.6. The molecule has 1 atom stereocenters. The van der Waals surface area contributed by atoms with Crippen molar-refractivity contribution in [1.29, 1.82) is 5.26 Å². The fraction of sp³-hybridized carbons (Fsp3) is 0.154. The van der Waals surface area contributed by atoms with Gasteiger partial charge in [-0.2, -0.15) is 5.26 Å². The van der Waals surface area contributed by atoms with Crippen molar-refractivity contribution in [3.63, 3.8) is 0 Å². The molecule has 0 fully saturated rings. The van der Waals surface area contributed by atoms with Crippen LogP contribution in [0.1, 0.15) is 16.5 Å². The van der Waals surface area contributed by atoms with Crippen molar-refractivity contribution in [3.8, 4) is 6.07 Å². The number of hydrogen-bond donors (Lipinski definition) is 1. The molecule has 92 valence electrons. The Morgan fingerprint density at radius 2 is 2.11 bits per heavy atom. The maximum absolute atomic E-state index is 13.5. The van der Waals surface area contributed by atoms with Crippen molar-refractivity contribution >= 4 is 11.3 Å². The van der Waals surface area contributed by atoms with Crippen LogP contribution >= 0.6 is 11.3 Å². The Morgan fingerprint density at radius 3 is 2.78 bits per heavy atom. The van der Waals surface area contributed by atoms with Crippen LogP contribution in [0.5, 0.6) is 0 Å². The minimum atomic E-state index is -0.970. The van der Waals surface area contributed by atoms with E-state index in [1.54, 1.807) is 0 Å². The number of nitrogens with one attached hydrogen (secondary N) is 1. The van der Waals surface area contributed by atoms with Crippen LogP contribution in [0.25, 0.3) is 0 Å². The SMILES string of the molecule is N#CC(NCc1cccs1)c1cccc(F)c1F. The summed E-state index contributed by atoms with van der Waals surface area (Å²) in [6.45, 7) is 0.450. The minimum absolute atomic E-state index is 0.0362. The molecule has 1 unspecified atom stereocenters. The van der Waals surface area contributed by atoms with E-state index in [1.165, 1.54) is 23.5 Å². The van der Waals surface area contributed by atoms with Crippen LogP contribution in [0, 0.1) is 23.0 Å². The smallest absolute Gasteiger partial charge is 0.164 e. The van der Waals surface area contributed by atoms with E-state index in [1.807, 2.05) is 23.6 Å². The Bertz CT molecular complexity index is 561. The summed E-state index contributed by atoms with van der Waals surface area (Å²) in [6.07, 6.45) is 0. The standard InChI is InChI=1S/C13H10F2N2S/c14-11-5-1-4-10(13(11)15)12(7-16)17-8-9-3-2-6-18-9/h1-6,12,17H,8H2. The van der Waals surface area contributed by atoms with E-state index in [-0.39, 0.29) is 5.56 Å². The van der Waals surface area contributed by atoms with Gasteiger partial charge in [-0.1, -0.05) is 18.2 Å². The van der Waals surface area contributed by atoms with Crippen molar-refractivity contribution in [2.45, 2.75) is 12.6 Å². The highest BCUT2D eigenvalue weighted by atomic mass is 32.1. The highest BCUT2D eigenvalue weighted by Gasteiger charge is 2.17. The molecule has 0 saturated heterocycles. The maximum Gasteiger partial charge on any atom is 0.164 e. The Hall–Kier alpha value is -1.77. The second-order valence-corrected chi connectivity index (χ2v) is 4.70. The first kappa shape index (κ1) is 12.7. The molecule has 18 heavy (non-hydrogen) atoms. The monoisotopic (exact) mass is 264 g/mol. The fourth-order valence-electron chi connectivity index (χ4n) is 1.58. The van der Waals surface area contributed by atoms with E-state index in [0.717, 1.165) is 10.9 Å². The number of nitriles is 1. The average molecular weight is 264 g/mol. The van der Waals surface area contributed by atoms with Crippen molar-refractivity contribution in [2.24, 2.45) is 0 Å². The number of thiophene rings is 1. The van der Waals surface area contributed by atoms with E-state index >= 15 is 0 Å². The molecular weight excluding hydrogens is 254 g/mol. The van der Waals surface area contributed by atoms with Crippen molar-refractivity contribution in [3.05, 3.63) is 57.8 Å². The number of nitrogens with zero attached hydrogens (tertiary/aromatic N) is 1. The molecule has 0 aliphatic rings. The first-order valence-corrected chi connectivity index (χ1v) is 6.19. The van der Waals surface area contributed by atoms with Gasteiger partial charge in [0.25, 0.3) is 0 Å². The van der Waals surface area contributed by atoms with E-state index in [4.69, 9.17) is 5.26 Å². The average Bonchev–Trinajstić information content (AvgIpc) is 2.88. The lowest BCUT2D eigenvalue weighted by Crippen LogP contribution is -2.20.